The molecule has 23 heavy (non-hydrogen) atoms. The minimum Gasteiger partial charge on any atom is -0.301 e. The van der Waals surface area contributed by atoms with Gasteiger partial charge < -0.3 is 5.32 Å². The Hall–Kier alpha value is -1.88. The summed E-state index contributed by atoms with van der Waals surface area (Å²) in [5.41, 5.74) is 1.54. The van der Waals surface area contributed by atoms with E-state index in [1.54, 1.807) is 36.4 Å². The molecule has 2 amide bonds. The summed E-state index contributed by atoms with van der Waals surface area (Å²) >= 11 is 11.7. The third kappa shape index (κ3) is 3.55. The Morgan fingerprint density at radius 2 is 1.52 bits per heavy atom. The number of carbonyl (C=O) groups excluding carboxylic acids is 2. The largest absolute Gasteiger partial charge is 0.301 e. The lowest BCUT2D eigenvalue weighted by molar-refractivity contribution is -0.121. The summed E-state index contributed by atoms with van der Waals surface area (Å²) in [4.78, 5) is 25.8. The molecule has 0 spiro atoms. The van der Waals surface area contributed by atoms with E-state index in [1.165, 1.54) is 4.90 Å². The van der Waals surface area contributed by atoms with Gasteiger partial charge in [-0.25, -0.2) is 4.90 Å². The molecule has 118 valence electrons. The number of benzene rings is 2. The van der Waals surface area contributed by atoms with Crippen molar-refractivity contribution in [2.75, 3.05) is 4.90 Å². The number of anilines is 1. The lowest BCUT2D eigenvalue weighted by Gasteiger charge is -2.15. The van der Waals surface area contributed by atoms with Crippen molar-refractivity contribution in [2.24, 2.45) is 0 Å². The molecular formula is C17H14Cl2N2O2. The molecule has 1 aliphatic heterocycles. The summed E-state index contributed by atoms with van der Waals surface area (Å²) in [5.74, 6) is -0.461. The maximum absolute atomic E-state index is 12.5. The van der Waals surface area contributed by atoms with E-state index in [1.807, 2.05) is 12.1 Å². The maximum Gasteiger partial charge on any atom is 0.251 e. The van der Waals surface area contributed by atoms with Crippen LogP contribution in [0.15, 0.2) is 48.5 Å². The second-order valence-electron chi connectivity index (χ2n) is 5.31. The molecule has 1 aliphatic rings. The fourth-order valence-corrected chi connectivity index (χ4v) is 2.75. The van der Waals surface area contributed by atoms with Gasteiger partial charge in [0, 0.05) is 16.6 Å². The standard InChI is InChI=1S/C17H14Cl2N2O2/c18-12-3-1-11(2-4-12)10-20-15-9-16(22)21(17(15)23)14-7-5-13(19)6-8-14/h1-8,15,20H,9-10H2/t15-/m0/s1. The smallest absolute Gasteiger partial charge is 0.251 e. The number of imide groups is 1. The Kier molecular flexibility index (Phi) is 4.66. The second kappa shape index (κ2) is 6.71. The third-order valence-electron chi connectivity index (χ3n) is 3.70. The zero-order valence-corrected chi connectivity index (χ0v) is 13.6. The van der Waals surface area contributed by atoms with Crippen molar-refractivity contribution >= 4 is 40.7 Å². The summed E-state index contributed by atoms with van der Waals surface area (Å²) in [7, 11) is 0. The summed E-state index contributed by atoms with van der Waals surface area (Å²) in [6, 6.07) is 13.5. The number of hydrogen-bond donors (Lipinski definition) is 1. The van der Waals surface area contributed by atoms with Gasteiger partial charge in [-0.05, 0) is 42.0 Å². The highest BCUT2D eigenvalue weighted by Gasteiger charge is 2.39. The molecule has 1 saturated heterocycles. The van der Waals surface area contributed by atoms with E-state index in [0.29, 0.717) is 22.3 Å². The molecule has 1 heterocycles. The van der Waals surface area contributed by atoms with Crippen LogP contribution in [0.1, 0.15) is 12.0 Å². The number of nitrogens with zero attached hydrogens (tertiary/aromatic N) is 1. The highest BCUT2D eigenvalue weighted by atomic mass is 35.5. The fourth-order valence-electron chi connectivity index (χ4n) is 2.50. The van der Waals surface area contributed by atoms with E-state index >= 15 is 0 Å². The highest BCUT2D eigenvalue weighted by molar-refractivity contribution is 6.31. The maximum atomic E-state index is 12.5. The molecule has 0 radical (unpaired) electrons. The number of halogens is 2. The number of nitrogens with one attached hydrogen (secondary N) is 1. The van der Waals surface area contributed by atoms with Gasteiger partial charge in [0.15, 0.2) is 0 Å². The zero-order chi connectivity index (χ0) is 16.4. The number of amides is 2. The first-order chi connectivity index (χ1) is 11.0. The van der Waals surface area contributed by atoms with Gasteiger partial charge in [0.05, 0.1) is 18.2 Å². The van der Waals surface area contributed by atoms with Gasteiger partial charge in [-0.2, -0.15) is 0 Å². The Bertz CT molecular complexity index is 729. The van der Waals surface area contributed by atoms with Crippen LogP contribution in [-0.2, 0) is 16.1 Å². The molecule has 6 heteroatoms. The van der Waals surface area contributed by atoms with Gasteiger partial charge in [-0.1, -0.05) is 35.3 Å². The minimum atomic E-state index is -0.520. The van der Waals surface area contributed by atoms with Gasteiger partial charge >= 0.3 is 0 Å². The molecule has 0 saturated carbocycles. The van der Waals surface area contributed by atoms with Crippen LogP contribution >= 0.6 is 23.2 Å². The summed E-state index contributed by atoms with van der Waals surface area (Å²) in [6.45, 7) is 0.495. The first kappa shape index (κ1) is 16.0. The van der Waals surface area contributed by atoms with Crippen molar-refractivity contribution in [2.45, 2.75) is 19.0 Å². The van der Waals surface area contributed by atoms with Crippen molar-refractivity contribution in [3.8, 4) is 0 Å². The van der Waals surface area contributed by atoms with Gasteiger partial charge in [-0.15, -0.1) is 0 Å². The molecule has 0 bridgehead atoms. The quantitative estimate of drug-likeness (QED) is 0.861. The van der Waals surface area contributed by atoms with Crippen LogP contribution in [0.5, 0.6) is 0 Å². The first-order valence-corrected chi connectivity index (χ1v) is 7.90. The van der Waals surface area contributed by atoms with Crippen molar-refractivity contribution in [3.63, 3.8) is 0 Å². The molecule has 1 N–H and O–H groups in total. The minimum absolute atomic E-state index is 0.148. The van der Waals surface area contributed by atoms with Gasteiger partial charge in [0.2, 0.25) is 5.91 Å². The predicted molar refractivity (Wildman–Crippen MR) is 90.6 cm³/mol. The van der Waals surface area contributed by atoms with Crippen molar-refractivity contribution in [1.82, 2.24) is 5.32 Å². The first-order valence-electron chi connectivity index (χ1n) is 7.15. The predicted octanol–water partition coefficient (Wildman–Crippen LogP) is 3.42. The molecule has 4 nitrogen and oxygen atoms in total. The molecule has 1 atom stereocenters. The summed E-state index contributed by atoms with van der Waals surface area (Å²) < 4.78 is 0. The van der Waals surface area contributed by atoms with E-state index in [4.69, 9.17) is 23.2 Å². The normalized spacial score (nSPS) is 17.8. The molecule has 0 unspecified atom stereocenters. The molecular weight excluding hydrogens is 335 g/mol. The number of hydrogen-bond acceptors (Lipinski definition) is 3. The van der Waals surface area contributed by atoms with Crippen molar-refractivity contribution in [3.05, 3.63) is 64.1 Å². The lowest BCUT2D eigenvalue weighted by Crippen LogP contribution is -2.38. The average molecular weight is 349 g/mol. The fraction of sp³-hybridized carbons (Fsp3) is 0.176. The van der Waals surface area contributed by atoms with Crippen LogP contribution in [-0.4, -0.2) is 17.9 Å². The molecule has 0 aliphatic carbocycles. The molecule has 2 aromatic rings. The van der Waals surface area contributed by atoms with Gasteiger partial charge in [-0.3, -0.25) is 9.59 Å². The van der Waals surface area contributed by atoms with E-state index in [9.17, 15) is 9.59 Å². The SMILES string of the molecule is O=C1C[C@H](NCc2ccc(Cl)cc2)C(=O)N1c1ccc(Cl)cc1. The Labute approximate surface area is 144 Å². The summed E-state index contributed by atoms with van der Waals surface area (Å²) in [6.07, 6.45) is 0.148. The number of carbonyl (C=O) groups is 2. The highest BCUT2D eigenvalue weighted by Crippen LogP contribution is 2.24. The van der Waals surface area contributed by atoms with Crippen molar-refractivity contribution < 1.29 is 9.59 Å². The molecule has 3 rings (SSSR count). The van der Waals surface area contributed by atoms with Crippen LogP contribution in [0.2, 0.25) is 10.0 Å². The van der Waals surface area contributed by atoms with Gasteiger partial charge in [0.25, 0.3) is 5.91 Å². The number of rotatable bonds is 4. The summed E-state index contributed by atoms with van der Waals surface area (Å²) in [5, 5.41) is 4.35. The van der Waals surface area contributed by atoms with E-state index in [0.717, 1.165) is 5.56 Å². The third-order valence-corrected chi connectivity index (χ3v) is 4.20. The Morgan fingerprint density at radius 1 is 0.957 bits per heavy atom. The van der Waals surface area contributed by atoms with Crippen LogP contribution in [0, 0.1) is 0 Å². The van der Waals surface area contributed by atoms with Crippen LogP contribution in [0.3, 0.4) is 0 Å². The second-order valence-corrected chi connectivity index (χ2v) is 6.18. The van der Waals surface area contributed by atoms with E-state index < -0.39 is 6.04 Å². The van der Waals surface area contributed by atoms with Crippen molar-refractivity contribution in [1.29, 1.82) is 0 Å². The average Bonchev–Trinajstić information content (AvgIpc) is 2.82. The van der Waals surface area contributed by atoms with Gasteiger partial charge in [0.1, 0.15) is 0 Å². The Morgan fingerprint density at radius 3 is 2.13 bits per heavy atom. The topological polar surface area (TPSA) is 49.4 Å². The van der Waals surface area contributed by atoms with Crippen LogP contribution in [0.25, 0.3) is 0 Å². The van der Waals surface area contributed by atoms with Crippen LogP contribution < -0.4 is 10.2 Å². The van der Waals surface area contributed by atoms with E-state index in [-0.39, 0.29) is 18.2 Å². The van der Waals surface area contributed by atoms with Crippen LogP contribution in [0.4, 0.5) is 5.69 Å². The molecule has 1 fully saturated rings. The molecule has 0 aromatic heterocycles. The Balaban J connectivity index is 1.68. The zero-order valence-electron chi connectivity index (χ0n) is 12.1. The monoisotopic (exact) mass is 348 g/mol. The lowest BCUT2D eigenvalue weighted by atomic mass is 10.2. The van der Waals surface area contributed by atoms with E-state index in [2.05, 4.69) is 5.32 Å². The molecule has 2 aromatic carbocycles.